The van der Waals surface area contributed by atoms with Crippen LogP contribution in [0.1, 0.15) is 0 Å². The molecule has 0 N–H and O–H groups in total. The van der Waals surface area contributed by atoms with Gasteiger partial charge in [-0.15, -0.1) is 24.1 Å². The van der Waals surface area contributed by atoms with Crippen molar-refractivity contribution >= 4 is 29.7 Å². The molecule has 2 nitrogen and oxygen atoms in total. The van der Waals surface area contributed by atoms with Gasteiger partial charge in [0.15, 0.2) is 0 Å². The summed E-state index contributed by atoms with van der Waals surface area (Å²) in [4.78, 5) is 10.3. The van der Waals surface area contributed by atoms with Crippen molar-refractivity contribution in [2.75, 3.05) is 6.61 Å². The summed E-state index contributed by atoms with van der Waals surface area (Å²) in [6.07, 6.45) is 1.45. The Morgan fingerprint density at radius 3 is 2.44 bits per heavy atom. The first-order chi connectivity index (χ1) is 3.56. The van der Waals surface area contributed by atoms with Gasteiger partial charge in [0.2, 0.25) is 0 Å². The molecule has 0 saturated heterocycles. The molecule has 0 aromatic rings. The fraction of sp³-hybridized carbons (Fsp3) is 0.333. The fourth-order valence-corrected chi connectivity index (χ4v) is 0.797. The van der Waals surface area contributed by atoms with Crippen LogP contribution in [0.2, 0.25) is 0 Å². The molecule has 0 radical (unpaired) electrons. The second-order valence-electron chi connectivity index (χ2n) is 1.03. The second kappa shape index (κ2) is 5.90. The molecule has 6 heteroatoms. The van der Waals surface area contributed by atoms with Gasteiger partial charge in [0, 0.05) is 0 Å². The standard InChI is InChI=1S/C3H7O2PS2.Ni/c1-2-3-5-6(4,7)8;/h2H,1,3H2,(H2,4,7,8);/q;+2/p-2. The van der Waals surface area contributed by atoms with E-state index in [1.165, 1.54) is 6.08 Å². The third kappa shape index (κ3) is 12.4. The molecule has 1 unspecified atom stereocenters. The molecule has 0 spiro atoms. The number of hydrogen-bond donors (Lipinski definition) is 0. The van der Waals surface area contributed by atoms with E-state index in [1.54, 1.807) is 0 Å². The van der Waals surface area contributed by atoms with E-state index >= 15 is 0 Å². The average Bonchev–Trinajstić information content (AvgIpc) is 1.59. The Kier molecular flexibility index (Phi) is 8.39. The Labute approximate surface area is 74.9 Å². The van der Waals surface area contributed by atoms with Crippen molar-refractivity contribution in [3.8, 4) is 0 Å². The van der Waals surface area contributed by atoms with Gasteiger partial charge in [-0.2, -0.15) is 0 Å². The van der Waals surface area contributed by atoms with Gasteiger partial charge in [-0.05, 0) is 0 Å². The molecule has 0 aromatic carbocycles. The van der Waals surface area contributed by atoms with E-state index in [1.807, 2.05) is 0 Å². The van der Waals surface area contributed by atoms with Gasteiger partial charge >= 0.3 is 16.5 Å². The molecular formula is C3H5NiO2PS2. The van der Waals surface area contributed by atoms with E-state index in [0.717, 1.165) is 0 Å². The van der Waals surface area contributed by atoms with Gasteiger partial charge in [0.25, 0.3) is 0 Å². The smallest absolute Gasteiger partial charge is 0.819 e. The maximum atomic E-state index is 10.3. The molecule has 1 atom stereocenters. The first-order valence-corrected chi connectivity index (χ1v) is 5.49. The minimum atomic E-state index is -3.09. The van der Waals surface area contributed by atoms with Gasteiger partial charge in [0.05, 0.1) is 6.61 Å². The summed E-state index contributed by atoms with van der Waals surface area (Å²) in [6, 6.07) is 0. The number of hydrogen-bond acceptors (Lipinski definition) is 4. The fourth-order valence-electron chi connectivity index (χ4n) is 0.144. The molecule has 56 valence electrons. The van der Waals surface area contributed by atoms with Gasteiger partial charge in [-0.25, -0.2) is 0 Å². The van der Waals surface area contributed by atoms with Gasteiger partial charge in [-0.1, -0.05) is 6.08 Å². The zero-order chi connectivity index (χ0) is 6.62. The Morgan fingerprint density at radius 1 is 1.89 bits per heavy atom. The van der Waals surface area contributed by atoms with Crippen LogP contribution in [0.25, 0.3) is 0 Å². The Balaban J connectivity index is 0. The molecular weight excluding hydrogens is 222 g/mol. The monoisotopic (exact) mass is 226 g/mol. The maximum Gasteiger partial charge on any atom is 2.00 e. The van der Waals surface area contributed by atoms with Crippen LogP contribution in [0.4, 0.5) is 0 Å². The van der Waals surface area contributed by atoms with Gasteiger partial charge in [-0.3, -0.25) is 0 Å². The molecule has 9 heavy (non-hydrogen) atoms. The minimum absolute atomic E-state index is 0. The SMILES string of the molecule is C=CCOP([O-])(=S)[S-].[Ni+2]. The van der Waals surface area contributed by atoms with Crippen molar-refractivity contribution in [1.29, 1.82) is 0 Å². The van der Waals surface area contributed by atoms with E-state index < -0.39 is 5.69 Å². The average molecular weight is 227 g/mol. The quantitative estimate of drug-likeness (QED) is 0.300. The predicted molar refractivity (Wildman–Crippen MR) is 37.8 cm³/mol. The maximum absolute atomic E-state index is 10.3. The van der Waals surface area contributed by atoms with E-state index in [2.05, 4.69) is 35.2 Å². The van der Waals surface area contributed by atoms with E-state index in [0.29, 0.717) is 0 Å². The van der Waals surface area contributed by atoms with Crippen LogP contribution in [0.3, 0.4) is 0 Å². The van der Waals surface area contributed by atoms with Crippen molar-refractivity contribution in [3.05, 3.63) is 12.7 Å². The third-order valence-corrected chi connectivity index (χ3v) is 1.45. The summed E-state index contributed by atoms with van der Waals surface area (Å²) in [5.74, 6) is 0. The summed E-state index contributed by atoms with van der Waals surface area (Å²) in [6.45, 7) is 3.50. The molecule has 0 aliphatic carbocycles. The third-order valence-electron chi connectivity index (χ3n) is 0.351. The molecule has 0 saturated carbocycles. The molecule has 0 aliphatic heterocycles. The summed E-state index contributed by atoms with van der Waals surface area (Å²) in [5.41, 5.74) is -3.09. The van der Waals surface area contributed by atoms with Crippen LogP contribution in [0.15, 0.2) is 12.7 Å². The van der Waals surface area contributed by atoms with Crippen molar-refractivity contribution in [3.63, 3.8) is 0 Å². The summed E-state index contributed by atoms with van der Waals surface area (Å²) < 4.78 is 4.45. The van der Waals surface area contributed by atoms with Crippen LogP contribution < -0.4 is 4.89 Å². The van der Waals surface area contributed by atoms with Gasteiger partial charge < -0.3 is 21.7 Å². The zero-order valence-corrected chi connectivity index (χ0v) is 7.90. The van der Waals surface area contributed by atoms with Gasteiger partial charge in [0.1, 0.15) is 0 Å². The first kappa shape index (κ1) is 12.8. The molecule has 0 rings (SSSR count). The summed E-state index contributed by atoms with van der Waals surface area (Å²) in [5, 5.41) is 0. The van der Waals surface area contributed by atoms with Crippen LogP contribution in [-0.4, -0.2) is 6.61 Å². The molecule has 0 amide bonds. The molecule has 0 heterocycles. The largest absolute Gasteiger partial charge is 2.00 e. The van der Waals surface area contributed by atoms with Crippen LogP contribution in [-0.2, 0) is 45.1 Å². The first-order valence-electron chi connectivity index (χ1n) is 1.84. The summed E-state index contributed by atoms with van der Waals surface area (Å²) in [7, 11) is 0. The molecule has 0 bridgehead atoms. The Bertz CT molecular complexity index is 123. The van der Waals surface area contributed by atoms with E-state index in [4.69, 9.17) is 0 Å². The minimum Gasteiger partial charge on any atom is -0.819 e. The normalized spacial score (nSPS) is 15.3. The predicted octanol–water partition coefficient (Wildman–Crippen LogP) is 0.318. The number of rotatable bonds is 3. The van der Waals surface area contributed by atoms with Crippen molar-refractivity contribution in [2.24, 2.45) is 0 Å². The molecule has 0 fully saturated rings. The van der Waals surface area contributed by atoms with E-state index in [-0.39, 0.29) is 23.1 Å². The van der Waals surface area contributed by atoms with Crippen molar-refractivity contribution in [1.82, 2.24) is 0 Å². The molecule has 0 aromatic heterocycles. The second-order valence-corrected chi connectivity index (χ2v) is 5.76. The van der Waals surface area contributed by atoms with Crippen molar-refractivity contribution < 1.29 is 25.9 Å². The van der Waals surface area contributed by atoms with Crippen molar-refractivity contribution in [2.45, 2.75) is 0 Å². The molecule has 0 aliphatic rings. The van der Waals surface area contributed by atoms with Crippen LogP contribution in [0, 0.1) is 0 Å². The summed E-state index contributed by atoms with van der Waals surface area (Å²) >= 11 is 8.50. The van der Waals surface area contributed by atoms with Crippen LogP contribution in [0.5, 0.6) is 0 Å². The van der Waals surface area contributed by atoms with Crippen LogP contribution >= 0.6 is 5.69 Å². The van der Waals surface area contributed by atoms with E-state index in [9.17, 15) is 4.89 Å². The topological polar surface area (TPSA) is 32.3 Å². The zero-order valence-electron chi connectivity index (χ0n) is 4.39. The Hall–Kier alpha value is 1.15. The Morgan fingerprint density at radius 2 is 2.33 bits per heavy atom.